The van der Waals surface area contributed by atoms with E-state index in [2.05, 4.69) is 20.9 Å². The number of phosphoric acid groups is 1. The van der Waals surface area contributed by atoms with Crippen LogP contribution in [0.2, 0.25) is 0 Å². The minimum Gasteiger partial charge on any atom is -0.383 e. The molecule has 0 saturated carbocycles. The number of thioether (sulfide) groups is 1. The lowest BCUT2D eigenvalue weighted by molar-refractivity contribution is -0.109. The fourth-order valence-electron chi connectivity index (χ4n) is 1.93. The standard InChI is InChI=1S/C9H11BrN3O6PS/c10-5-1-13(8(14)12-7(5)11)6-2-21-9(19-6)3-17-20(15,16)18-4-9/h1,6H,2-4H2,(H,15,16)(H2,11,12,14)/t6-/m1/s1. The van der Waals surface area contributed by atoms with Crippen molar-refractivity contribution in [3.8, 4) is 0 Å². The van der Waals surface area contributed by atoms with E-state index in [4.69, 9.17) is 19.5 Å². The Morgan fingerprint density at radius 1 is 1.57 bits per heavy atom. The third kappa shape index (κ3) is 3.04. The van der Waals surface area contributed by atoms with E-state index in [1.807, 2.05) is 0 Å². The second-order valence-corrected chi connectivity index (χ2v) is 8.15. The van der Waals surface area contributed by atoms with Crippen molar-refractivity contribution in [2.75, 3.05) is 24.7 Å². The van der Waals surface area contributed by atoms with Gasteiger partial charge in [-0.1, -0.05) is 0 Å². The van der Waals surface area contributed by atoms with Crippen LogP contribution in [0.1, 0.15) is 6.23 Å². The topological polar surface area (TPSA) is 126 Å². The largest absolute Gasteiger partial charge is 0.472 e. The van der Waals surface area contributed by atoms with Gasteiger partial charge in [-0.25, -0.2) is 9.36 Å². The molecule has 116 valence electrons. The van der Waals surface area contributed by atoms with Gasteiger partial charge < -0.3 is 15.4 Å². The Bertz CT molecular complexity index is 672. The molecular weight excluding hydrogens is 389 g/mol. The highest BCUT2D eigenvalue weighted by Gasteiger charge is 2.49. The lowest BCUT2D eigenvalue weighted by Crippen LogP contribution is -2.40. The maximum Gasteiger partial charge on any atom is 0.472 e. The molecule has 2 aliphatic rings. The number of phosphoric ester groups is 1. The second-order valence-electron chi connectivity index (χ2n) is 4.47. The molecule has 9 nitrogen and oxygen atoms in total. The predicted octanol–water partition coefficient (Wildman–Crippen LogP) is 0.693. The number of hydrogen-bond acceptors (Lipinski definition) is 8. The van der Waals surface area contributed by atoms with E-state index in [9.17, 15) is 14.3 Å². The highest BCUT2D eigenvalue weighted by molar-refractivity contribution is 9.10. The number of ether oxygens (including phenoxy) is 1. The zero-order valence-corrected chi connectivity index (χ0v) is 13.8. The Balaban J connectivity index is 1.81. The predicted molar refractivity (Wildman–Crippen MR) is 77.6 cm³/mol. The van der Waals surface area contributed by atoms with Crippen LogP contribution in [0.3, 0.4) is 0 Å². The molecule has 3 N–H and O–H groups in total. The van der Waals surface area contributed by atoms with Crippen LogP contribution in [0.5, 0.6) is 0 Å². The van der Waals surface area contributed by atoms with Crippen molar-refractivity contribution in [1.82, 2.24) is 9.55 Å². The van der Waals surface area contributed by atoms with Crippen molar-refractivity contribution in [3.05, 3.63) is 21.2 Å². The molecule has 0 unspecified atom stereocenters. The highest BCUT2D eigenvalue weighted by atomic mass is 79.9. The summed E-state index contributed by atoms with van der Waals surface area (Å²) in [7, 11) is -3.98. The first-order valence-electron chi connectivity index (χ1n) is 5.78. The van der Waals surface area contributed by atoms with Gasteiger partial charge in [0.25, 0.3) is 0 Å². The first-order valence-corrected chi connectivity index (χ1v) is 9.05. The lowest BCUT2D eigenvalue weighted by atomic mass is 10.4. The number of nitrogens with zero attached hydrogens (tertiary/aromatic N) is 2. The number of aromatic nitrogens is 2. The van der Waals surface area contributed by atoms with E-state index in [0.717, 1.165) is 0 Å². The van der Waals surface area contributed by atoms with Crippen LogP contribution in [0.4, 0.5) is 5.82 Å². The molecule has 1 aromatic heterocycles. The minimum atomic E-state index is -3.98. The van der Waals surface area contributed by atoms with E-state index in [1.165, 1.54) is 22.5 Å². The van der Waals surface area contributed by atoms with E-state index >= 15 is 0 Å². The van der Waals surface area contributed by atoms with Crippen LogP contribution in [-0.4, -0.2) is 38.3 Å². The van der Waals surface area contributed by atoms with Gasteiger partial charge in [0.2, 0.25) is 0 Å². The molecule has 12 heteroatoms. The third-order valence-corrected chi connectivity index (χ3v) is 5.81. The van der Waals surface area contributed by atoms with Gasteiger partial charge in [-0.2, -0.15) is 4.98 Å². The van der Waals surface area contributed by atoms with Gasteiger partial charge >= 0.3 is 13.5 Å². The molecule has 21 heavy (non-hydrogen) atoms. The van der Waals surface area contributed by atoms with Gasteiger partial charge in [0, 0.05) is 11.9 Å². The molecule has 3 rings (SSSR count). The zero-order valence-electron chi connectivity index (χ0n) is 10.5. The zero-order chi connectivity index (χ0) is 15.3. The van der Waals surface area contributed by atoms with Gasteiger partial charge in [-0.15, -0.1) is 11.8 Å². The first kappa shape index (κ1) is 15.5. The minimum absolute atomic E-state index is 0.0970. The summed E-state index contributed by atoms with van der Waals surface area (Å²) < 4.78 is 28.3. The van der Waals surface area contributed by atoms with Crippen molar-refractivity contribution < 1.29 is 23.2 Å². The summed E-state index contributed by atoms with van der Waals surface area (Å²) in [6, 6.07) is 0. The molecule has 0 amide bonds. The highest BCUT2D eigenvalue weighted by Crippen LogP contribution is 2.54. The molecular formula is C9H11BrN3O6PS. The van der Waals surface area contributed by atoms with Gasteiger partial charge in [-0.05, 0) is 15.9 Å². The van der Waals surface area contributed by atoms with Crippen LogP contribution >= 0.6 is 35.5 Å². The Morgan fingerprint density at radius 3 is 2.90 bits per heavy atom. The molecule has 0 aromatic carbocycles. The maximum atomic E-state index is 11.9. The van der Waals surface area contributed by atoms with Crippen molar-refractivity contribution in [2.24, 2.45) is 0 Å². The summed E-state index contributed by atoms with van der Waals surface area (Å²) in [5, 5.41) is 0. The van der Waals surface area contributed by atoms with Crippen LogP contribution in [0.25, 0.3) is 0 Å². The Hall–Kier alpha value is -0.420. The van der Waals surface area contributed by atoms with Gasteiger partial charge in [-0.3, -0.25) is 13.6 Å². The normalized spacial score (nSPS) is 36.2. The lowest BCUT2D eigenvalue weighted by Gasteiger charge is -2.33. The maximum absolute atomic E-state index is 11.9. The summed E-state index contributed by atoms with van der Waals surface area (Å²) in [4.78, 5) is 23.8. The van der Waals surface area contributed by atoms with Crippen molar-refractivity contribution in [2.45, 2.75) is 11.2 Å². The Morgan fingerprint density at radius 2 is 2.24 bits per heavy atom. The number of nitrogens with two attached hydrogens (primary N) is 1. The van der Waals surface area contributed by atoms with Crippen LogP contribution < -0.4 is 11.4 Å². The first-order chi connectivity index (χ1) is 9.80. The number of hydrogen-bond donors (Lipinski definition) is 2. The fraction of sp³-hybridized carbons (Fsp3) is 0.556. The van der Waals surface area contributed by atoms with Crippen LogP contribution in [0, 0.1) is 0 Å². The molecule has 0 bridgehead atoms. The summed E-state index contributed by atoms with van der Waals surface area (Å²) in [5.41, 5.74) is 5.00. The van der Waals surface area contributed by atoms with E-state index in [0.29, 0.717) is 10.2 Å². The van der Waals surface area contributed by atoms with Crippen LogP contribution in [-0.2, 0) is 18.3 Å². The Labute approximate surface area is 131 Å². The summed E-state index contributed by atoms with van der Waals surface area (Å²) in [5.74, 6) is 0.544. The molecule has 2 aliphatic heterocycles. The van der Waals surface area contributed by atoms with E-state index in [-0.39, 0.29) is 19.0 Å². The molecule has 0 radical (unpaired) electrons. The molecule has 1 atom stereocenters. The molecule has 3 heterocycles. The third-order valence-electron chi connectivity index (χ3n) is 2.98. The van der Waals surface area contributed by atoms with Crippen molar-refractivity contribution in [1.29, 1.82) is 0 Å². The smallest absolute Gasteiger partial charge is 0.383 e. The number of rotatable bonds is 1. The van der Waals surface area contributed by atoms with Gasteiger partial charge in [0.1, 0.15) is 12.0 Å². The van der Waals surface area contributed by atoms with Crippen molar-refractivity contribution >= 4 is 41.3 Å². The van der Waals surface area contributed by atoms with E-state index in [1.54, 1.807) is 0 Å². The molecule has 1 spiro atoms. The number of anilines is 1. The molecule has 2 fully saturated rings. The van der Waals surface area contributed by atoms with E-state index < -0.39 is 24.7 Å². The summed E-state index contributed by atoms with van der Waals surface area (Å²) in [6.45, 7) is -0.194. The van der Waals surface area contributed by atoms with Gasteiger partial charge in [0.15, 0.2) is 4.93 Å². The monoisotopic (exact) mass is 399 g/mol. The fourth-order valence-corrected chi connectivity index (χ4v) is 4.37. The van der Waals surface area contributed by atoms with Crippen LogP contribution in [0.15, 0.2) is 15.5 Å². The average Bonchev–Trinajstić information content (AvgIpc) is 2.83. The van der Waals surface area contributed by atoms with Gasteiger partial charge in [0.05, 0.1) is 17.7 Å². The Kier molecular flexibility index (Phi) is 3.93. The molecule has 0 aliphatic carbocycles. The average molecular weight is 400 g/mol. The SMILES string of the molecule is Nc1nc(=O)n([C@H]2CSC3(COP(=O)(O)OC3)O2)cc1Br. The molecule has 1 aromatic rings. The molecule has 2 saturated heterocycles. The summed E-state index contributed by atoms with van der Waals surface area (Å²) in [6.07, 6.45) is 0.909. The number of halogens is 1. The second kappa shape index (κ2) is 5.34. The van der Waals surface area contributed by atoms with Crippen molar-refractivity contribution in [3.63, 3.8) is 0 Å². The quantitative estimate of drug-likeness (QED) is 0.655. The summed E-state index contributed by atoms with van der Waals surface area (Å²) >= 11 is 4.55. The number of nitrogen functional groups attached to an aromatic ring is 1.